The summed E-state index contributed by atoms with van der Waals surface area (Å²) in [6.45, 7) is 0. The van der Waals surface area contributed by atoms with Crippen LogP contribution in [0.2, 0.25) is 20.1 Å². The average Bonchev–Trinajstić information content (AvgIpc) is 2.64. The van der Waals surface area contributed by atoms with Crippen LogP contribution in [-0.4, -0.2) is 17.6 Å². The molecule has 0 saturated carbocycles. The normalized spacial score (nSPS) is 11.2. The molecule has 2 rings (SSSR count). The Balaban J connectivity index is 2.07. The van der Waals surface area contributed by atoms with Crippen molar-refractivity contribution in [3.63, 3.8) is 0 Å². The SMILES string of the molecule is N#C[C@H](C(=O)NNC(=O)c1ccc(Cl)c(Cl)c1)C(=O)c1ccc(Cl)c(Cl)c1. The molecule has 27 heavy (non-hydrogen) atoms. The second-order valence-electron chi connectivity index (χ2n) is 5.13. The first-order valence-corrected chi connectivity index (χ1v) is 8.70. The second-order valence-corrected chi connectivity index (χ2v) is 6.76. The van der Waals surface area contributed by atoms with E-state index in [0.717, 1.165) is 0 Å². The number of carbonyl (C=O) groups excluding carboxylic acids is 3. The highest BCUT2D eigenvalue weighted by Gasteiger charge is 2.28. The van der Waals surface area contributed by atoms with E-state index in [0.29, 0.717) is 0 Å². The zero-order chi connectivity index (χ0) is 20.1. The Labute approximate surface area is 173 Å². The molecule has 0 heterocycles. The van der Waals surface area contributed by atoms with Crippen LogP contribution in [0.3, 0.4) is 0 Å². The van der Waals surface area contributed by atoms with Crippen molar-refractivity contribution in [1.82, 2.24) is 10.9 Å². The van der Waals surface area contributed by atoms with Gasteiger partial charge in [-0.2, -0.15) is 5.26 Å². The van der Waals surface area contributed by atoms with Gasteiger partial charge < -0.3 is 0 Å². The highest BCUT2D eigenvalue weighted by molar-refractivity contribution is 6.42. The molecule has 138 valence electrons. The number of nitriles is 1. The Bertz CT molecular complexity index is 972. The number of ketones is 1. The lowest BCUT2D eigenvalue weighted by molar-refractivity contribution is -0.123. The van der Waals surface area contributed by atoms with Gasteiger partial charge in [-0.25, -0.2) is 0 Å². The van der Waals surface area contributed by atoms with E-state index in [1.165, 1.54) is 36.4 Å². The lowest BCUT2D eigenvalue weighted by Gasteiger charge is -2.11. The standard InChI is InChI=1S/C17H9Cl4N3O3/c18-11-3-1-8(5-13(11)20)15(25)10(7-22)17(27)24-23-16(26)9-2-4-12(19)14(21)6-9/h1-6,10H,(H,23,26)(H,24,27)/t10-/m0/s1. The van der Waals surface area contributed by atoms with Crippen LogP contribution >= 0.6 is 46.4 Å². The quantitative estimate of drug-likeness (QED) is 0.421. The summed E-state index contributed by atoms with van der Waals surface area (Å²) in [7, 11) is 0. The maximum atomic E-state index is 12.3. The highest BCUT2D eigenvalue weighted by Crippen LogP contribution is 2.24. The molecule has 0 aliphatic rings. The molecular weight excluding hydrogens is 436 g/mol. The van der Waals surface area contributed by atoms with Crippen LogP contribution in [0.5, 0.6) is 0 Å². The number of hydrazine groups is 1. The minimum Gasteiger partial charge on any atom is -0.292 e. The van der Waals surface area contributed by atoms with E-state index in [-0.39, 0.29) is 31.2 Å². The summed E-state index contributed by atoms with van der Waals surface area (Å²) in [5, 5.41) is 9.90. The van der Waals surface area contributed by atoms with Gasteiger partial charge >= 0.3 is 0 Å². The first-order chi connectivity index (χ1) is 12.7. The predicted octanol–water partition coefficient (Wildman–Crippen LogP) is 4.08. The van der Waals surface area contributed by atoms with Crippen LogP contribution in [0, 0.1) is 17.2 Å². The minimum atomic E-state index is -1.70. The fraction of sp³-hybridized carbons (Fsp3) is 0.0588. The van der Waals surface area contributed by atoms with E-state index in [1.54, 1.807) is 6.07 Å². The Morgan fingerprint density at radius 1 is 0.815 bits per heavy atom. The van der Waals surface area contributed by atoms with Gasteiger partial charge in [-0.1, -0.05) is 46.4 Å². The molecule has 1 atom stereocenters. The monoisotopic (exact) mass is 443 g/mol. The van der Waals surface area contributed by atoms with Crippen molar-refractivity contribution in [3.05, 3.63) is 67.6 Å². The first kappa shape index (κ1) is 21.0. The van der Waals surface area contributed by atoms with Gasteiger partial charge in [0.15, 0.2) is 11.7 Å². The number of carbonyl (C=O) groups is 3. The molecule has 2 aromatic carbocycles. The molecule has 2 aromatic rings. The zero-order valence-electron chi connectivity index (χ0n) is 13.2. The van der Waals surface area contributed by atoms with Gasteiger partial charge in [-0.15, -0.1) is 0 Å². The molecule has 6 nitrogen and oxygen atoms in total. The summed E-state index contributed by atoms with van der Waals surface area (Å²) in [5.74, 6) is -4.21. The molecule has 0 spiro atoms. The molecule has 0 bridgehead atoms. The van der Waals surface area contributed by atoms with E-state index in [9.17, 15) is 14.4 Å². The largest absolute Gasteiger partial charge is 0.292 e. The molecule has 10 heteroatoms. The van der Waals surface area contributed by atoms with Crippen molar-refractivity contribution >= 4 is 64.0 Å². The van der Waals surface area contributed by atoms with Crippen molar-refractivity contribution in [2.45, 2.75) is 0 Å². The van der Waals surface area contributed by atoms with Crippen LogP contribution in [0.1, 0.15) is 20.7 Å². The Morgan fingerprint density at radius 3 is 1.85 bits per heavy atom. The zero-order valence-corrected chi connectivity index (χ0v) is 16.2. The molecule has 2 N–H and O–H groups in total. The number of hydrogen-bond donors (Lipinski definition) is 2. The van der Waals surface area contributed by atoms with Crippen LogP contribution in [0.4, 0.5) is 0 Å². The molecule has 0 aliphatic carbocycles. The summed E-state index contributed by atoms with van der Waals surface area (Å²) < 4.78 is 0. The van der Waals surface area contributed by atoms with Crippen LogP contribution in [0.25, 0.3) is 0 Å². The predicted molar refractivity (Wildman–Crippen MR) is 102 cm³/mol. The molecule has 2 amide bonds. The van der Waals surface area contributed by atoms with Crippen molar-refractivity contribution in [2.75, 3.05) is 0 Å². The van der Waals surface area contributed by atoms with Crippen LogP contribution < -0.4 is 10.9 Å². The Hall–Kier alpha value is -2.30. The van der Waals surface area contributed by atoms with Crippen molar-refractivity contribution < 1.29 is 14.4 Å². The van der Waals surface area contributed by atoms with Gasteiger partial charge in [-0.3, -0.25) is 25.2 Å². The van der Waals surface area contributed by atoms with Gasteiger partial charge in [0.05, 0.1) is 26.2 Å². The van der Waals surface area contributed by atoms with E-state index in [2.05, 4.69) is 5.43 Å². The fourth-order valence-electron chi connectivity index (χ4n) is 1.95. The second kappa shape index (κ2) is 9.07. The maximum absolute atomic E-state index is 12.3. The fourth-order valence-corrected chi connectivity index (χ4v) is 2.55. The maximum Gasteiger partial charge on any atom is 0.269 e. The number of nitrogens with zero attached hydrogens (tertiary/aromatic N) is 1. The van der Waals surface area contributed by atoms with Crippen LogP contribution in [0.15, 0.2) is 36.4 Å². The number of amides is 2. The van der Waals surface area contributed by atoms with E-state index >= 15 is 0 Å². The van der Waals surface area contributed by atoms with Gasteiger partial charge in [-0.05, 0) is 36.4 Å². The number of hydrogen-bond acceptors (Lipinski definition) is 4. The summed E-state index contributed by atoms with van der Waals surface area (Å²) >= 11 is 23.2. The van der Waals surface area contributed by atoms with E-state index < -0.39 is 23.5 Å². The smallest absolute Gasteiger partial charge is 0.269 e. The summed E-state index contributed by atoms with van der Waals surface area (Å²) in [5.41, 5.74) is 4.27. The summed E-state index contributed by atoms with van der Waals surface area (Å²) in [4.78, 5) is 36.5. The third-order valence-corrected chi connectivity index (χ3v) is 4.82. The van der Waals surface area contributed by atoms with E-state index in [4.69, 9.17) is 51.7 Å². The Morgan fingerprint density at radius 2 is 1.33 bits per heavy atom. The number of benzene rings is 2. The topological polar surface area (TPSA) is 99.1 Å². The molecule has 0 fully saturated rings. The van der Waals surface area contributed by atoms with E-state index in [1.807, 2.05) is 5.43 Å². The summed E-state index contributed by atoms with van der Waals surface area (Å²) in [6, 6.07) is 9.64. The van der Waals surface area contributed by atoms with Gasteiger partial charge in [0.1, 0.15) is 0 Å². The number of Topliss-reactive ketones (excluding diaryl/α,β-unsaturated/α-hetero) is 1. The average molecular weight is 445 g/mol. The highest BCUT2D eigenvalue weighted by atomic mass is 35.5. The number of rotatable bonds is 4. The molecule has 0 aromatic heterocycles. The minimum absolute atomic E-state index is 0.0295. The Kier molecular flexibility index (Phi) is 7.05. The van der Waals surface area contributed by atoms with Crippen molar-refractivity contribution in [1.29, 1.82) is 5.26 Å². The van der Waals surface area contributed by atoms with Gasteiger partial charge in [0.2, 0.25) is 0 Å². The number of halogens is 4. The molecule has 0 saturated heterocycles. The lowest BCUT2D eigenvalue weighted by atomic mass is 9.98. The molecule has 0 unspecified atom stereocenters. The lowest BCUT2D eigenvalue weighted by Crippen LogP contribution is -2.46. The first-order valence-electron chi connectivity index (χ1n) is 7.18. The third-order valence-electron chi connectivity index (χ3n) is 3.34. The number of nitrogens with one attached hydrogen (secondary N) is 2. The molecular formula is C17H9Cl4N3O3. The van der Waals surface area contributed by atoms with Crippen molar-refractivity contribution in [2.24, 2.45) is 5.92 Å². The molecule has 0 aliphatic heterocycles. The molecule has 0 radical (unpaired) electrons. The third kappa shape index (κ3) is 5.12. The summed E-state index contributed by atoms with van der Waals surface area (Å²) in [6.07, 6.45) is 0. The van der Waals surface area contributed by atoms with Crippen LogP contribution in [-0.2, 0) is 4.79 Å². The van der Waals surface area contributed by atoms with Gasteiger partial charge in [0.25, 0.3) is 11.8 Å². The van der Waals surface area contributed by atoms with Gasteiger partial charge in [0, 0.05) is 11.1 Å². The van der Waals surface area contributed by atoms with Crippen molar-refractivity contribution in [3.8, 4) is 6.07 Å².